The molecule has 382 valence electrons. The van der Waals surface area contributed by atoms with Crippen molar-refractivity contribution in [2.24, 2.45) is 0 Å². The monoisotopic (exact) mass is 922 g/mol. The highest BCUT2D eigenvalue weighted by Gasteiger charge is 2.44. The number of hydrogen-bond donors (Lipinski definition) is 7. The Morgan fingerprint density at radius 3 is 1.34 bits per heavy atom. The number of rotatable bonds is 46. The lowest BCUT2D eigenvalue weighted by molar-refractivity contribution is -0.302. The average molecular weight is 922 g/mol. The van der Waals surface area contributed by atoms with Crippen LogP contribution in [0, 0.1) is 0 Å². The molecule has 0 bridgehead atoms. The Balaban J connectivity index is 2.30. The molecule has 0 aromatic rings. The largest absolute Gasteiger partial charge is 0.394 e. The molecule has 8 unspecified atom stereocenters. The van der Waals surface area contributed by atoms with E-state index in [1.807, 2.05) is 6.08 Å². The first-order valence-corrected chi connectivity index (χ1v) is 27.3. The van der Waals surface area contributed by atoms with Gasteiger partial charge in [-0.3, -0.25) is 4.79 Å². The summed E-state index contributed by atoms with van der Waals surface area (Å²) in [5.74, 6) is -0.627. The molecule has 0 spiro atoms. The van der Waals surface area contributed by atoms with Gasteiger partial charge in [-0.2, -0.15) is 0 Å². The minimum atomic E-state index is -1.62. The number of nitrogens with one attached hydrogen (secondary N) is 1. The molecule has 1 aliphatic heterocycles. The highest BCUT2D eigenvalue weighted by atomic mass is 16.7. The molecule has 1 aliphatic rings. The van der Waals surface area contributed by atoms with E-state index in [0.717, 1.165) is 44.9 Å². The second-order valence-corrected chi connectivity index (χ2v) is 19.2. The van der Waals surface area contributed by atoms with Crippen LogP contribution >= 0.6 is 0 Å². The fraction of sp³-hybridized carbons (Fsp3) is 0.873. The molecule has 1 heterocycles. The molecule has 1 amide bonds. The minimum Gasteiger partial charge on any atom is -0.394 e. The Labute approximate surface area is 398 Å². The van der Waals surface area contributed by atoms with Gasteiger partial charge >= 0.3 is 0 Å². The third-order valence-electron chi connectivity index (χ3n) is 13.1. The van der Waals surface area contributed by atoms with Crippen LogP contribution in [-0.4, -0.2) is 98.7 Å². The minimum absolute atomic E-state index is 0.304. The maximum Gasteiger partial charge on any atom is 0.249 e. The van der Waals surface area contributed by atoms with Gasteiger partial charge in [0, 0.05) is 0 Å². The number of aliphatic hydroxyl groups excluding tert-OH is 6. The summed E-state index contributed by atoms with van der Waals surface area (Å²) in [6.45, 7) is 3.60. The van der Waals surface area contributed by atoms with Gasteiger partial charge in [0.05, 0.1) is 25.4 Å². The molecule has 7 N–H and O–H groups in total. The standard InChI is InChI=1S/C55H103NO9/c1-3-5-7-9-11-13-15-17-19-21-22-23-24-25-26-27-28-30-32-34-36-38-40-42-44-49(59)54(63)56-47(46-64-55-53(62)52(61)51(60)50(45-57)65-55)48(58)43-41-39-37-35-33-31-29-20-18-16-14-12-10-8-6-4-2/h18,20,33,35,41,43,47-53,55,57-62H,3-17,19,21-32,34,36-40,42,44-46H2,1-2H3,(H,56,63)/b20-18+,35-33+,43-41+. The first kappa shape index (κ1) is 61.4. The summed E-state index contributed by atoms with van der Waals surface area (Å²) >= 11 is 0. The van der Waals surface area contributed by atoms with Crippen LogP contribution < -0.4 is 5.32 Å². The smallest absolute Gasteiger partial charge is 0.249 e. The van der Waals surface area contributed by atoms with E-state index in [1.165, 1.54) is 167 Å². The summed E-state index contributed by atoms with van der Waals surface area (Å²) < 4.78 is 11.2. The van der Waals surface area contributed by atoms with E-state index in [1.54, 1.807) is 6.08 Å². The van der Waals surface area contributed by atoms with Crippen molar-refractivity contribution in [3.63, 3.8) is 0 Å². The second-order valence-electron chi connectivity index (χ2n) is 19.2. The summed E-state index contributed by atoms with van der Waals surface area (Å²) in [7, 11) is 0. The number of hydrogen-bond acceptors (Lipinski definition) is 9. The van der Waals surface area contributed by atoms with Crippen molar-refractivity contribution in [2.75, 3.05) is 13.2 Å². The van der Waals surface area contributed by atoms with E-state index in [4.69, 9.17) is 9.47 Å². The van der Waals surface area contributed by atoms with Crippen molar-refractivity contribution in [3.05, 3.63) is 36.5 Å². The number of amides is 1. The summed E-state index contributed by atoms with van der Waals surface area (Å²) in [6, 6.07) is -1.00. The predicted octanol–water partition coefficient (Wildman–Crippen LogP) is 11.8. The highest BCUT2D eigenvalue weighted by Crippen LogP contribution is 2.23. The summed E-state index contributed by atoms with van der Waals surface area (Å²) in [5.41, 5.74) is 0. The fourth-order valence-electron chi connectivity index (χ4n) is 8.61. The van der Waals surface area contributed by atoms with Crippen molar-refractivity contribution < 1.29 is 44.9 Å². The third-order valence-corrected chi connectivity index (χ3v) is 13.1. The number of carbonyl (C=O) groups excluding carboxylic acids is 1. The lowest BCUT2D eigenvalue weighted by atomic mass is 9.99. The van der Waals surface area contributed by atoms with Crippen molar-refractivity contribution >= 4 is 5.91 Å². The molecule has 10 heteroatoms. The molecule has 0 radical (unpaired) electrons. The molecular formula is C55H103NO9. The van der Waals surface area contributed by atoms with Gasteiger partial charge in [-0.1, -0.05) is 237 Å². The molecule has 0 aromatic carbocycles. The van der Waals surface area contributed by atoms with Gasteiger partial charge in [-0.25, -0.2) is 0 Å². The van der Waals surface area contributed by atoms with Gasteiger partial charge in [0.1, 0.15) is 30.5 Å². The summed E-state index contributed by atoms with van der Waals surface area (Å²) in [4.78, 5) is 13.1. The first-order chi connectivity index (χ1) is 31.8. The van der Waals surface area contributed by atoms with Crippen molar-refractivity contribution in [1.29, 1.82) is 0 Å². The van der Waals surface area contributed by atoms with Crippen molar-refractivity contribution in [1.82, 2.24) is 5.32 Å². The molecule has 8 atom stereocenters. The maximum absolute atomic E-state index is 13.1. The predicted molar refractivity (Wildman–Crippen MR) is 269 cm³/mol. The molecule has 10 nitrogen and oxygen atoms in total. The molecule has 0 aliphatic carbocycles. The van der Waals surface area contributed by atoms with Gasteiger partial charge in [0.15, 0.2) is 6.29 Å². The van der Waals surface area contributed by atoms with E-state index < -0.39 is 61.5 Å². The van der Waals surface area contributed by atoms with E-state index in [-0.39, 0.29) is 6.61 Å². The number of ether oxygens (including phenoxy) is 2. The van der Waals surface area contributed by atoms with E-state index in [9.17, 15) is 35.4 Å². The van der Waals surface area contributed by atoms with Crippen LogP contribution in [0.15, 0.2) is 36.5 Å². The van der Waals surface area contributed by atoms with Crippen molar-refractivity contribution in [3.8, 4) is 0 Å². The topological polar surface area (TPSA) is 169 Å². The Morgan fingerprint density at radius 2 is 0.908 bits per heavy atom. The van der Waals surface area contributed by atoms with Crippen LogP contribution in [0.3, 0.4) is 0 Å². The van der Waals surface area contributed by atoms with Crippen LogP contribution in [0.5, 0.6) is 0 Å². The van der Waals surface area contributed by atoms with Crippen molar-refractivity contribution in [2.45, 2.75) is 294 Å². The zero-order valence-corrected chi connectivity index (χ0v) is 41.9. The number of unbranched alkanes of at least 4 members (excludes halogenated alkanes) is 31. The average Bonchev–Trinajstić information content (AvgIpc) is 3.31. The van der Waals surface area contributed by atoms with Crippen LogP contribution in [0.2, 0.25) is 0 Å². The lowest BCUT2D eigenvalue weighted by Gasteiger charge is -2.40. The highest BCUT2D eigenvalue weighted by molar-refractivity contribution is 5.80. The van der Waals surface area contributed by atoms with Gasteiger partial charge in [0.2, 0.25) is 5.91 Å². The number of allylic oxidation sites excluding steroid dienone is 5. The number of aliphatic hydroxyl groups is 6. The zero-order valence-electron chi connectivity index (χ0n) is 41.9. The van der Waals surface area contributed by atoms with Crippen LogP contribution in [-0.2, 0) is 14.3 Å². The van der Waals surface area contributed by atoms with Crippen LogP contribution in [0.4, 0.5) is 0 Å². The third kappa shape index (κ3) is 34.3. The first-order valence-electron chi connectivity index (χ1n) is 27.3. The Morgan fingerprint density at radius 1 is 0.523 bits per heavy atom. The van der Waals surface area contributed by atoms with Gasteiger partial charge < -0.3 is 45.4 Å². The van der Waals surface area contributed by atoms with Crippen LogP contribution in [0.25, 0.3) is 0 Å². The van der Waals surface area contributed by atoms with E-state index in [2.05, 4.69) is 43.5 Å². The van der Waals surface area contributed by atoms with Gasteiger partial charge in [0.25, 0.3) is 0 Å². The fourth-order valence-corrected chi connectivity index (χ4v) is 8.61. The molecule has 65 heavy (non-hydrogen) atoms. The Kier molecular flexibility index (Phi) is 42.4. The zero-order chi connectivity index (χ0) is 47.4. The van der Waals surface area contributed by atoms with Gasteiger partial charge in [-0.05, 0) is 44.9 Å². The second kappa shape index (κ2) is 44.9. The molecule has 0 saturated carbocycles. The Bertz CT molecular complexity index is 1130. The molecule has 1 fully saturated rings. The molecule has 0 aromatic heterocycles. The van der Waals surface area contributed by atoms with E-state index in [0.29, 0.717) is 19.3 Å². The Hall–Kier alpha value is -1.63. The molecular weight excluding hydrogens is 819 g/mol. The molecule has 1 rings (SSSR count). The summed E-state index contributed by atoms with van der Waals surface area (Å²) in [6.07, 6.45) is 46.7. The maximum atomic E-state index is 13.1. The number of carbonyl (C=O) groups is 1. The van der Waals surface area contributed by atoms with Gasteiger partial charge in [-0.15, -0.1) is 0 Å². The lowest BCUT2D eigenvalue weighted by Crippen LogP contribution is -2.60. The molecule has 1 saturated heterocycles. The van der Waals surface area contributed by atoms with E-state index >= 15 is 0 Å². The summed E-state index contributed by atoms with van der Waals surface area (Å²) in [5, 5.41) is 64.9. The SMILES string of the molecule is CCCCCCCC/C=C/CC/C=C/CC/C=C/C(O)C(COC1OC(CO)C(O)C(O)C1O)NC(=O)C(O)CCCCCCCCCCCCCCCCCCCCCCCCCC. The normalized spacial score (nSPS) is 20.6. The van der Waals surface area contributed by atoms with Crippen LogP contribution in [0.1, 0.15) is 245 Å². The quantitative estimate of drug-likeness (QED) is 0.0232.